The van der Waals surface area contributed by atoms with Crippen molar-refractivity contribution in [2.75, 3.05) is 16.0 Å². The van der Waals surface area contributed by atoms with Gasteiger partial charge in [0, 0.05) is 29.3 Å². The van der Waals surface area contributed by atoms with E-state index in [0.29, 0.717) is 51.8 Å². The number of carbonyl (C=O) groups is 2. The first-order chi connectivity index (χ1) is 21.0. The number of benzene rings is 2. The molecule has 1 unspecified atom stereocenters. The van der Waals surface area contributed by atoms with Crippen LogP contribution in [0.1, 0.15) is 36.3 Å². The van der Waals surface area contributed by atoms with Crippen molar-refractivity contribution in [3.8, 4) is 11.8 Å². The Hall–Kier alpha value is -4.51. The number of amides is 1. The normalized spacial score (nSPS) is 16.6. The zero-order valence-electron chi connectivity index (χ0n) is 22.7. The fourth-order valence-electron chi connectivity index (χ4n) is 5.08. The molecule has 1 amide bonds. The van der Waals surface area contributed by atoms with Crippen molar-refractivity contribution in [2.45, 2.75) is 36.1 Å². The number of allylic oxidation sites excluding steroid dienone is 3. The van der Waals surface area contributed by atoms with Crippen molar-refractivity contribution in [2.24, 2.45) is 5.73 Å². The van der Waals surface area contributed by atoms with Gasteiger partial charge in [0.1, 0.15) is 18.2 Å². The van der Waals surface area contributed by atoms with Crippen LogP contribution in [0.15, 0.2) is 93.2 Å². The monoisotopic (exact) mass is 627 g/mol. The number of nitrogens with two attached hydrogens (primary N) is 1. The fraction of sp³-hybridized carbons (Fsp3) is 0.200. The van der Waals surface area contributed by atoms with E-state index in [2.05, 4.69) is 26.6 Å². The molecular weight excluding hydrogens is 603 g/mol. The lowest BCUT2D eigenvalue weighted by Gasteiger charge is -2.38. The maximum atomic E-state index is 13.5. The van der Waals surface area contributed by atoms with Crippen LogP contribution in [0.4, 0.5) is 10.3 Å². The van der Waals surface area contributed by atoms with E-state index in [-0.39, 0.29) is 28.8 Å². The highest BCUT2D eigenvalue weighted by atomic mass is 32.2. The number of rotatable bonds is 9. The van der Waals surface area contributed by atoms with Gasteiger partial charge < -0.3 is 15.8 Å². The molecule has 6 rings (SSSR count). The first kappa shape index (κ1) is 28.6. The van der Waals surface area contributed by atoms with E-state index in [1.54, 1.807) is 16.5 Å². The Morgan fingerprint density at radius 3 is 2.84 bits per heavy atom. The molecule has 0 fully saturated rings. The molecule has 1 aliphatic carbocycles. The van der Waals surface area contributed by atoms with Crippen LogP contribution in [-0.4, -0.2) is 32.6 Å². The summed E-state index contributed by atoms with van der Waals surface area (Å²) in [5.41, 5.74) is 10.0. The standard InChI is InChI=1S/C30H25N7O3S3/c31-15-21-25(19-8-4-9-20(14-19)40-16-18-6-2-1-3-7-18)26-22(10-5-11-23(26)38)37(27(21)32)29-35-36-30(43-29)42-17-24(39)34-28-33-12-13-41-28/h1-4,6-9,12-14,25H,5,10-11,16-17,32H2,(H,33,34,39). The second-order valence-electron chi connectivity index (χ2n) is 9.69. The predicted octanol–water partition coefficient (Wildman–Crippen LogP) is 5.61. The number of hydrogen-bond acceptors (Lipinski definition) is 12. The maximum absolute atomic E-state index is 13.5. The maximum Gasteiger partial charge on any atom is 0.236 e. The number of thiazole rings is 1. The van der Waals surface area contributed by atoms with Crippen LogP contribution in [0.25, 0.3) is 0 Å². The average Bonchev–Trinajstić information content (AvgIpc) is 3.72. The fourth-order valence-corrected chi connectivity index (χ4v) is 7.31. The lowest BCUT2D eigenvalue weighted by molar-refractivity contribution is -0.116. The summed E-state index contributed by atoms with van der Waals surface area (Å²) in [5.74, 6) is 0.118. The van der Waals surface area contributed by atoms with Gasteiger partial charge in [-0.25, -0.2) is 4.98 Å². The summed E-state index contributed by atoms with van der Waals surface area (Å²) >= 11 is 3.83. The molecule has 3 N–H and O–H groups in total. The van der Waals surface area contributed by atoms with Gasteiger partial charge in [0.05, 0.1) is 23.3 Å². The van der Waals surface area contributed by atoms with Crippen molar-refractivity contribution < 1.29 is 14.3 Å². The van der Waals surface area contributed by atoms with E-state index in [1.807, 2.05) is 54.6 Å². The van der Waals surface area contributed by atoms with Gasteiger partial charge in [-0.05, 0) is 36.1 Å². The minimum atomic E-state index is -0.624. The smallest absolute Gasteiger partial charge is 0.236 e. The van der Waals surface area contributed by atoms with Gasteiger partial charge in [0.2, 0.25) is 11.0 Å². The molecule has 4 aromatic rings. The van der Waals surface area contributed by atoms with Gasteiger partial charge in [-0.1, -0.05) is 65.6 Å². The molecule has 0 saturated heterocycles. The molecule has 216 valence electrons. The van der Waals surface area contributed by atoms with E-state index in [0.717, 1.165) is 16.8 Å². The highest BCUT2D eigenvalue weighted by molar-refractivity contribution is 8.01. The summed E-state index contributed by atoms with van der Waals surface area (Å²) in [5, 5.41) is 24.4. The molecule has 1 atom stereocenters. The Balaban J connectivity index is 1.28. The summed E-state index contributed by atoms with van der Waals surface area (Å²) < 4.78 is 6.61. The lowest BCUT2D eigenvalue weighted by atomic mass is 9.76. The SMILES string of the molecule is N#CC1=C(N)N(c2nnc(SCC(=O)Nc3nccs3)s2)C2=C(C(=O)CCC2)C1c1cccc(OCc2ccccc2)c1. The number of carbonyl (C=O) groups excluding carboxylic acids is 2. The first-order valence-electron chi connectivity index (χ1n) is 13.4. The molecule has 0 radical (unpaired) electrons. The minimum absolute atomic E-state index is 0.0231. The van der Waals surface area contributed by atoms with E-state index in [1.165, 1.54) is 34.4 Å². The van der Waals surface area contributed by atoms with Crippen LogP contribution in [0.3, 0.4) is 0 Å². The average molecular weight is 628 g/mol. The van der Waals surface area contributed by atoms with Crippen LogP contribution in [0.2, 0.25) is 0 Å². The Labute approximate surface area is 259 Å². The highest BCUT2D eigenvalue weighted by Gasteiger charge is 2.41. The molecular formula is C30H25N7O3S3. The van der Waals surface area contributed by atoms with E-state index >= 15 is 0 Å². The second kappa shape index (κ2) is 12.8. The van der Waals surface area contributed by atoms with E-state index in [4.69, 9.17) is 10.5 Å². The number of hydrogen-bond donors (Lipinski definition) is 2. The van der Waals surface area contributed by atoms with Crippen LogP contribution in [0, 0.1) is 11.3 Å². The van der Waals surface area contributed by atoms with E-state index < -0.39 is 5.92 Å². The number of aromatic nitrogens is 3. The van der Waals surface area contributed by atoms with Gasteiger partial charge in [-0.15, -0.1) is 21.5 Å². The minimum Gasteiger partial charge on any atom is -0.489 e. The zero-order chi connectivity index (χ0) is 29.8. The van der Waals surface area contributed by atoms with Crippen molar-refractivity contribution in [1.82, 2.24) is 15.2 Å². The third-order valence-corrected chi connectivity index (χ3v) is 9.68. The number of nitrogens with one attached hydrogen (secondary N) is 1. The zero-order valence-corrected chi connectivity index (χ0v) is 25.2. The van der Waals surface area contributed by atoms with Gasteiger partial charge in [0.25, 0.3) is 0 Å². The summed E-state index contributed by atoms with van der Waals surface area (Å²) in [6.45, 7) is 0.392. The van der Waals surface area contributed by atoms with Crippen LogP contribution >= 0.6 is 34.4 Å². The van der Waals surface area contributed by atoms with Gasteiger partial charge >= 0.3 is 0 Å². The molecule has 0 saturated carbocycles. The van der Waals surface area contributed by atoms with Crippen LogP contribution in [0.5, 0.6) is 5.75 Å². The van der Waals surface area contributed by atoms with Crippen LogP contribution in [-0.2, 0) is 16.2 Å². The van der Waals surface area contributed by atoms with Crippen molar-refractivity contribution in [3.63, 3.8) is 0 Å². The topological polar surface area (TPSA) is 147 Å². The van der Waals surface area contributed by atoms with Crippen LogP contribution < -0.4 is 20.7 Å². The largest absolute Gasteiger partial charge is 0.489 e. The molecule has 0 bridgehead atoms. The third kappa shape index (κ3) is 6.17. The van der Waals surface area contributed by atoms with Crippen molar-refractivity contribution in [3.05, 3.63) is 100.0 Å². The number of nitriles is 1. The predicted molar refractivity (Wildman–Crippen MR) is 167 cm³/mol. The molecule has 2 aromatic heterocycles. The number of ketones is 1. The molecule has 2 aromatic carbocycles. The molecule has 10 nitrogen and oxygen atoms in total. The molecule has 1 aliphatic heterocycles. The van der Waals surface area contributed by atoms with Gasteiger partial charge in [-0.3, -0.25) is 14.5 Å². The molecule has 0 spiro atoms. The summed E-state index contributed by atoms with van der Waals surface area (Å²) in [4.78, 5) is 31.6. The van der Waals surface area contributed by atoms with Crippen molar-refractivity contribution in [1.29, 1.82) is 5.26 Å². The molecule has 43 heavy (non-hydrogen) atoms. The van der Waals surface area contributed by atoms with Gasteiger partial charge in [-0.2, -0.15) is 5.26 Å². The van der Waals surface area contributed by atoms with E-state index in [9.17, 15) is 14.9 Å². The Kier molecular flexibility index (Phi) is 8.50. The van der Waals surface area contributed by atoms with Crippen molar-refractivity contribution >= 4 is 56.4 Å². The Morgan fingerprint density at radius 1 is 1.19 bits per heavy atom. The number of thioether (sulfide) groups is 1. The highest BCUT2D eigenvalue weighted by Crippen LogP contribution is 2.47. The Morgan fingerprint density at radius 2 is 2.05 bits per heavy atom. The molecule has 13 heteroatoms. The Bertz CT molecular complexity index is 1760. The third-order valence-electron chi connectivity index (χ3n) is 6.95. The number of nitrogens with zero attached hydrogens (tertiary/aromatic N) is 5. The number of Topliss-reactive ketones (excluding diaryl/α,β-unsaturated/α-hetero) is 1. The lowest BCUT2D eigenvalue weighted by Crippen LogP contribution is -2.38. The van der Waals surface area contributed by atoms with Gasteiger partial charge in [0.15, 0.2) is 15.3 Å². The first-order valence-corrected chi connectivity index (χ1v) is 16.1. The quantitative estimate of drug-likeness (QED) is 0.225. The molecule has 3 heterocycles. The number of ether oxygens (including phenoxy) is 1. The second-order valence-corrected chi connectivity index (χ2v) is 12.8. The summed E-state index contributed by atoms with van der Waals surface area (Å²) in [6, 6.07) is 19.6. The molecule has 2 aliphatic rings. The number of anilines is 2. The summed E-state index contributed by atoms with van der Waals surface area (Å²) in [7, 11) is 0. The summed E-state index contributed by atoms with van der Waals surface area (Å²) in [6.07, 6.45) is 3.26.